The minimum absolute atomic E-state index is 0.288. The first-order valence-electron chi connectivity index (χ1n) is 3.42. The molecule has 62 valence electrons. The number of nitrogens with zero attached hydrogens (tertiary/aromatic N) is 1. The summed E-state index contributed by atoms with van der Waals surface area (Å²) in [5, 5.41) is 0. The van der Waals surface area contributed by atoms with Crippen LogP contribution in [-0.4, -0.2) is 19.9 Å². The third-order valence-electron chi connectivity index (χ3n) is 1.52. The van der Waals surface area contributed by atoms with Crippen molar-refractivity contribution in [2.75, 3.05) is 7.11 Å². The van der Waals surface area contributed by atoms with Crippen LogP contribution < -0.4 is 5.46 Å². The van der Waals surface area contributed by atoms with Crippen molar-refractivity contribution in [2.24, 2.45) is 0 Å². The molecule has 0 aliphatic rings. The molecule has 0 aliphatic heterocycles. The summed E-state index contributed by atoms with van der Waals surface area (Å²) in [6.45, 7) is 0. The summed E-state index contributed by atoms with van der Waals surface area (Å²) in [4.78, 5) is 15.6. The monoisotopic (exact) mass is 168 g/mol. The van der Waals surface area contributed by atoms with Gasteiger partial charge in [0.2, 0.25) is 0 Å². The van der Waals surface area contributed by atoms with Gasteiger partial charge in [-0.3, -0.25) is 0 Å². The molecule has 0 saturated heterocycles. The van der Waals surface area contributed by atoms with Crippen LogP contribution in [0.15, 0.2) is 18.2 Å². The zero-order valence-corrected chi connectivity index (χ0v) is 6.87. The molecule has 3 nitrogen and oxygen atoms in total. The van der Waals surface area contributed by atoms with Crippen LogP contribution in [0.2, 0.25) is 0 Å². The topological polar surface area (TPSA) is 29.3 Å². The summed E-state index contributed by atoms with van der Waals surface area (Å²) < 4.78 is 12.7. The largest absolute Gasteiger partial charge is 0.316 e. The predicted octanol–water partition coefficient (Wildman–Crippen LogP) is 0.0559. The van der Waals surface area contributed by atoms with E-state index in [-0.39, 0.29) is 11.5 Å². The highest BCUT2D eigenvalue weighted by molar-refractivity contribution is 6.32. The fourth-order valence-corrected chi connectivity index (χ4v) is 0.848. The molecule has 0 radical (unpaired) electrons. The van der Waals surface area contributed by atoms with Crippen LogP contribution in [0.3, 0.4) is 0 Å². The molecule has 1 aromatic carbocycles. The SMILES string of the molecule is Bc1cc([N+](=O)OC)ccc1F. The maximum absolute atomic E-state index is 12.7. The molecule has 0 spiro atoms. The fraction of sp³-hybridized carbons (Fsp3) is 0.143. The number of halogens is 1. The molecule has 0 N–H and O–H groups in total. The molecule has 1 rings (SSSR count). The normalized spacial score (nSPS) is 9.50. The lowest BCUT2D eigenvalue weighted by molar-refractivity contribution is -0.736. The lowest BCUT2D eigenvalue weighted by Gasteiger charge is -1.93. The first-order valence-corrected chi connectivity index (χ1v) is 3.42. The Hall–Kier alpha value is -1.39. The Morgan fingerprint density at radius 2 is 2.25 bits per heavy atom. The summed E-state index contributed by atoms with van der Waals surface area (Å²) in [5.41, 5.74) is 0.710. The van der Waals surface area contributed by atoms with Gasteiger partial charge in [-0.1, -0.05) is 0 Å². The Kier molecular flexibility index (Phi) is 2.42. The van der Waals surface area contributed by atoms with Crippen LogP contribution >= 0.6 is 0 Å². The van der Waals surface area contributed by atoms with E-state index in [2.05, 4.69) is 4.84 Å². The second-order valence-corrected chi connectivity index (χ2v) is 2.37. The molecule has 1 aromatic rings. The van der Waals surface area contributed by atoms with Gasteiger partial charge in [-0.15, -0.1) is 0 Å². The zero-order chi connectivity index (χ0) is 9.14. The summed E-state index contributed by atoms with van der Waals surface area (Å²) >= 11 is 0. The summed E-state index contributed by atoms with van der Waals surface area (Å²) in [5.74, 6) is -0.330. The summed E-state index contributed by atoms with van der Waals surface area (Å²) in [7, 11) is 2.84. The Morgan fingerprint density at radius 1 is 1.58 bits per heavy atom. The number of benzene rings is 1. The maximum Gasteiger partial charge on any atom is 0.316 e. The predicted molar refractivity (Wildman–Crippen MR) is 44.9 cm³/mol. The third kappa shape index (κ3) is 1.61. The smallest absolute Gasteiger partial charge is 0.230 e. The van der Waals surface area contributed by atoms with Crippen LogP contribution in [0, 0.1) is 10.7 Å². The van der Waals surface area contributed by atoms with E-state index in [0.717, 1.165) is 0 Å². The van der Waals surface area contributed by atoms with E-state index < -0.39 is 0 Å². The van der Waals surface area contributed by atoms with Crippen LogP contribution in [0.25, 0.3) is 0 Å². The number of hydrogen-bond acceptors (Lipinski definition) is 2. The van der Waals surface area contributed by atoms with E-state index in [4.69, 9.17) is 0 Å². The molecule has 0 amide bonds. The highest BCUT2D eigenvalue weighted by Crippen LogP contribution is 2.09. The van der Waals surface area contributed by atoms with Crippen molar-refractivity contribution >= 4 is 19.0 Å². The maximum atomic E-state index is 12.7. The molecule has 12 heavy (non-hydrogen) atoms. The molecule has 0 unspecified atom stereocenters. The van der Waals surface area contributed by atoms with Gasteiger partial charge in [0.15, 0.2) is 7.11 Å². The zero-order valence-electron chi connectivity index (χ0n) is 6.87. The van der Waals surface area contributed by atoms with Crippen molar-refractivity contribution in [2.45, 2.75) is 0 Å². The first kappa shape index (κ1) is 8.71. The summed E-state index contributed by atoms with van der Waals surface area (Å²) in [6.07, 6.45) is 0. The number of rotatable bonds is 2. The Morgan fingerprint density at radius 3 is 2.75 bits per heavy atom. The molecule has 0 saturated carbocycles. The van der Waals surface area contributed by atoms with Gasteiger partial charge in [-0.2, -0.15) is 0 Å². The number of hydrogen-bond donors (Lipinski definition) is 0. The van der Waals surface area contributed by atoms with Gasteiger partial charge in [0, 0.05) is 12.1 Å². The molecule has 0 heterocycles. The van der Waals surface area contributed by atoms with E-state index in [9.17, 15) is 9.30 Å². The van der Waals surface area contributed by atoms with Crippen molar-refractivity contribution < 1.29 is 14.2 Å². The standard InChI is InChI=1S/C7H8BFNO2/c1-12-10(11)5-2-3-7(9)6(8)4-5/h2-4H,8H2,1H3/q+1. The first-order chi connectivity index (χ1) is 5.65. The molecular weight excluding hydrogens is 160 g/mol. The van der Waals surface area contributed by atoms with Crippen LogP contribution in [0.4, 0.5) is 10.1 Å². The van der Waals surface area contributed by atoms with E-state index in [1.165, 1.54) is 25.3 Å². The average Bonchev–Trinajstić information content (AvgIpc) is 2.08. The van der Waals surface area contributed by atoms with E-state index in [1.807, 2.05) is 0 Å². The molecule has 0 aromatic heterocycles. The molecule has 5 heteroatoms. The van der Waals surface area contributed by atoms with Gasteiger partial charge in [-0.05, 0) is 11.5 Å². The molecule has 0 fully saturated rings. The van der Waals surface area contributed by atoms with Crippen LogP contribution in [0.5, 0.6) is 0 Å². The van der Waals surface area contributed by atoms with Crippen LogP contribution in [-0.2, 0) is 4.84 Å². The Bertz CT molecular complexity index is 316. The van der Waals surface area contributed by atoms with Crippen molar-refractivity contribution in [3.63, 3.8) is 0 Å². The van der Waals surface area contributed by atoms with Gasteiger partial charge >= 0.3 is 5.69 Å². The Balaban J connectivity index is 3.05. The van der Waals surface area contributed by atoms with Gasteiger partial charge in [0.1, 0.15) is 13.7 Å². The minimum atomic E-state index is -0.330. The minimum Gasteiger partial charge on any atom is -0.230 e. The molecular formula is C7H8BFNO2+. The quantitative estimate of drug-likeness (QED) is 0.461. The summed E-state index contributed by atoms with van der Waals surface area (Å²) in [6, 6.07) is 4.01. The highest BCUT2D eigenvalue weighted by Gasteiger charge is 2.14. The molecule has 0 atom stereocenters. The van der Waals surface area contributed by atoms with Gasteiger partial charge < -0.3 is 0 Å². The Labute approximate surface area is 70.1 Å². The van der Waals surface area contributed by atoms with Crippen LogP contribution in [0.1, 0.15) is 0 Å². The lowest BCUT2D eigenvalue weighted by Crippen LogP contribution is -2.10. The fourth-order valence-electron chi connectivity index (χ4n) is 0.848. The van der Waals surface area contributed by atoms with Crippen molar-refractivity contribution in [1.29, 1.82) is 0 Å². The van der Waals surface area contributed by atoms with E-state index >= 15 is 0 Å². The van der Waals surface area contributed by atoms with Gasteiger partial charge in [0.05, 0.1) is 4.91 Å². The average molecular weight is 168 g/mol. The van der Waals surface area contributed by atoms with Crippen molar-refractivity contribution in [3.8, 4) is 0 Å². The lowest BCUT2D eigenvalue weighted by atomic mass is 9.95. The van der Waals surface area contributed by atoms with Crippen molar-refractivity contribution in [3.05, 3.63) is 28.9 Å². The van der Waals surface area contributed by atoms with Gasteiger partial charge in [0.25, 0.3) is 4.92 Å². The highest BCUT2D eigenvalue weighted by atomic mass is 19.1. The van der Waals surface area contributed by atoms with E-state index in [1.54, 1.807) is 7.85 Å². The second kappa shape index (κ2) is 3.34. The second-order valence-electron chi connectivity index (χ2n) is 2.37. The van der Waals surface area contributed by atoms with Gasteiger partial charge in [-0.25, -0.2) is 9.23 Å². The molecule has 0 bridgehead atoms. The van der Waals surface area contributed by atoms with Crippen molar-refractivity contribution in [1.82, 2.24) is 0 Å². The van der Waals surface area contributed by atoms with E-state index in [0.29, 0.717) is 10.4 Å². The third-order valence-corrected chi connectivity index (χ3v) is 1.52. The molecule has 0 aliphatic carbocycles.